The molecule has 0 spiro atoms. The molecule has 0 atom stereocenters. The second kappa shape index (κ2) is 4.06. The number of allylic oxidation sites excluding steroid dienone is 1. The predicted octanol–water partition coefficient (Wildman–Crippen LogP) is 2.83. The summed E-state index contributed by atoms with van der Waals surface area (Å²) in [4.78, 5) is 6.87. The Balaban J connectivity index is 1.56. The third-order valence-corrected chi connectivity index (χ3v) is 3.96. The van der Waals surface area contributed by atoms with Crippen LogP contribution >= 0.6 is 11.3 Å². The van der Waals surface area contributed by atoms with Crippen LogP contribution in [0.5, 0.6) is 0 Å². The first-order chi connectivity index (χ1) is 7.42. The fourth-order valence-electron chi connectivity index (χ4n) is 2.30. The molecule has 0 radical (unpaired) electrons. The Bertz CT molecular complexity index is 351. The fraction of sp³-hybridized carbons (Fsp3) is 0.583. The number of piperidine rings is 1. The zero-order valence-electron chi connectivity index (χ0n) is 8.91. The van der Waals surface area contributed by atoms with Gasteiger partial charge < -0.3 is 0 Å². The Kier molecular flexibility index (Phi) is 2.59. The van der Waals surface area contributed by atoms with E-state index < -0.39 is 0 Å². The molecule has 1 aromatic heterocycles. The molecule has 0 N–H and O–H groups in total. The molecule has 3 heteroatoms. The summed E-state index contributed by atoms with van der Waals surface area (Å²) in [5.74, 6) is 0. The first-order valence-corrected chi connectivity index (χ1v) is 6.65. The average Bonchev–Trinajstić information content (AvgIpc) is 2.99. The maximum absolute atomic E-state index is 4.34. The van der Waals surface area contributed by atoms with E-state index in [9.17, 15) is 0 Å². The first-order valence-electron chi connectivity index (χ1n) is 5.71. The van der Waals surface area contributed by atoms with Crippen LogP contribution in [-0.2, 0) is 6.54 Å². The number of likely N-dealkylation sites (tertiary alicyclic amines) is 1. The summed E-state index contributed by atoms with van der Waals surface area (Å²) in [6.45, 7) is 3.51. The summed E-state index contributed by atoms with van der Waals surface area (Å²) in [6.07, 6.45) is 5.39. The van der Waals surface area contributed by atoms with Crippen LogP contribution < -0.4 is 0 Å². The molecule has 0 unspecified atom stereocenters. The normalized spacial score (nSPS) is 22.1. The lowest BCUT2D eigenvalue weighted by atomic mass is 10.0. The Morgan fingerprint density at radius 3 is 2.47 bits per heavy atom. The number of rotatable bonds is 2. The van der Waals surface area contributed by atoms with Crippen molar-refractivity contribution in [2.24, 2.45) is 0 Å². The first kappa shape index (κ1) is 9.55. The van der Waals surface area contributed by atoms with Gasteiger partial charge in [-0.25, -0.2) is 4.98 Å². The molecule has 2 nitrogen and oxygen atoms in total. The molecule has 80 valence electrons. The van der Waals surface area contributed by atoms with Gasteiger partial charge in [-0.3, -0.25) is 4.90 Å². The zero-order valence-corrected chi connectivity index (χ0v) is 9.72. The molecule has 1 aromatic rings. The van der Waals surface area contributed by atoms with Crippen molar-refractivity contribution < 1.29 is 0 Å². The Morgan fingerprint density at radius 2 is 1.87 bits per heavy atom. The van der Waals surface area contributed by atoms with E-state index in [1.54, 1.807) is 22.5 Å². The average molecular weight is 220 g/mol. The quantitative estimate of drug-likeness (QED) is 0.712. The molecule has 1 saturated heterocycles. The van der Waals surface area contributed by atoms with E-state index >= 15 is 0 Å². The molecule has 2 heterocycles. The number of hydrogen-bond donors (Lipinski definition) is 0. The second-order valence-corrected chi connectivity index (χ2v) is 5.18. The Hall–Kier alpha value is -0.670. The van der Waals surface area contributed by atoms with Crippen molar-refractivity contribution in [3.63, 3.8) is 0 Å². The largest absolute Gasteiger partial charge is 0.297 e. The van der Waals surface area contributed by atoms with Gasteiger partial charge in [-0.1, -0.05) is 11.1 Å². The van der Waals surface area contributed by atoms with Crippen LogP contribution in [0.2, 0.25) is 0 Å². The monoisotopic (exact) mass is 220 g/mol. The van der Waals surface area contributed by atoms with E-state index in [2.05, 4.69) is 15.3 Å². The maximum atomic E-state index is 4.34. The van der Waals surface area contributed by atoms with Crippen molar-refractivity contribution in [3.05, 3.63) is 27.7 Å². The minimum absolute atomic E-state index is 1.05. The molecular formula is C12H16N2S. The number of nitrogens with zero attached hydrogens (tertiary/aromatic N) is 2. The minimum atomic E-state index is 1.05. The van der Waals surface area contributed by atoms with Gasteiger partial charge in [0, 0.05) is 25.0 Å². The standard InChI is InChI=1S/C12H16N2S/c1-2-10(1)11-3-5-14(6-4-11)7-12-8-15-9-13-12/h8-9H,1-7H2. The lowest BCUT2D eigenvalue weighted by molar-refractivity contribution is 0.245. The zero-order chi connectivity index (χ0) is 10.1. The SMILES string of the molecule is c1nc(CN2CCC(=C3CC3)CC2)cs1. The Morgan fingerprint density at radius 1 is 1.13 bits per heavy atom. The van der Waals surface area contributed by atoms with Gasteiger partial charge in [0.1, 0.15) is 0 Å². The third kappa shape index (κ3) is 2.29. The molecule has 0 amide bonds. The molecule has 0 aromatic carbocycles. The van der Waals surface area contributed by atoms with Crippen LogP contribution in [0.4, 0.5) is 0 Å². The summed E-state index contributed by atoms with van der Waals surface area (Å²) in [5.41, 5.74) is 6.70. The van der Waals surface area contributed by atoms with Gasteiger partial charge in [-0.15, -0.1) is 11.3 Å². The van der Waals surface area contributed by atoms with Crippen molar-refractivity contribution in [3.8, 4) is 0 Å². The molecule has 1 aliphatic heterocycles. The van der Waals surface area contributed by atoms with E-state index in [4.69, 9.17) is 0 Å². The lowest BCUT2D eigenvalue weighted by Gasteiger charge is -2.27. The highest BCUT2D eigenvalue weighted by Gasteiger charge is 2.22. The van der Waals surface area contributed by atoms with Crippen molar-refractivity contribution in [2.75, 3.05) is 13.1 Å². The molecule has 1 saturated carbocycles. The highest BCUT2D eigenvalue weighted by molar-refractivity contribution is 7.07. The van der Waals surface area contributed by atoms with E-state index in [-0.39, 0.29) is 0 Å². The molecular weight excluding hydrogens is 204 g/mol. The van der Waals surface area contributed by atoms with Gasteiger partial charge in [0.25, 0.3) is 0 Å². The highest BCUT2D eigenvalue weighted by atomic mass is 32.1. The number of hydrogen-bond acceptors (Lipinski definition) is 3. The molecule has 3 rings (SSSR count). The highest BCUT2D eigenvalue weighted by Crippen LogP contribution is 2.36. The van der Waals surface area contributed by atoms with Crippen molar-refractivity contribution in [1.29, 1.82) is 0 Å². The van der Waals surface area contributed by atoms with Crippen LogP contribution in [0, 0.1) is 0 Å². The van der Waals surface area contributed by atoms with Gasteiger partial charge in [0.15, 0.2) is 0 Å². The van der Waals surface area contributed by atoms with Crippen LogP contribution in [-0.4, -0.2) is 23.0 Å². The van der Waals surface area contributed by atoms with E-state index in [0.717, 1.165) is 6.54 Å². The second-order valence-electron chi connectivity index (χ2n) is 4.46. The number of thiazole rings is 1. The van der Waals surface area contributed by atoms with Crippen molar-refractivity contribution >= 4 is 11.3 Å². The van der Waals surface area contributed by atoms with Crippen LogP contribution in [0.25, 0.3) is 0 Å². The van der Waals surface area contributed by atoms with Gasteiger partial charge in [-0.2, -0.15) is 0 Å². The summed E-state index contributed by atoms with van der Waals surface area (Å²) in [6, 6.07) is 0. The van der Waals surface area contributed by atoms with Gasteiger partial charge in [0.2, 0.25) is 0 Å². The summed E-state index contributed by atoms with van der Waals surface area (Å²) < 4.78 is 0. The van der Waals surface area contributed by atoms with Crippen LogP contribution in [0.15, 0.2) is 22.0 Å². The van der Waals surface area contributed by atoms with Crippen molar-refractivity contribution in [2.45, 2.75) is 32.2 Å². The molecule has 1 aliphatic carbocycles. The molecule has 15 heavy (non-hydrogen) atoms. The third-order valence-electron chi connectivity index (χ3n) is 3.33. The lowest BCUT2D eigenvalue weighted by Crippen LogP contribution is -2.30. The van der Waals surface area contributed by atoms with Crippen LogP contribution in [0.3, 0.4) is 0 Å². The van der Waals surface area contributed by atoms with Crippen LogP contribution in [0.1, 0.15) is 31.4 Å². The molecule has 2 aliphatic rings. The van der Waals surface area contributed by atoms with Gasteiger partial charge in [0.05, 0.1) is 11.2 Å². The van der Waals surface area contributed by atoms with E-state index in [0.29, 0.717) is 0 Å². The minimum Gasteiger partial charge on any atom is -0.297 e. The summed E-state index contributed by atoms with van der Waals surface area (Å²) in [7, 11) is 0. The topological polar surface area (TPSA) is 16.1 Å². The maximum Gasteiger partial charge on any atom is 0.0795 e. The Labute approximate surface area is 94.6 Å². The smallest absolute Gasteiger partial charge is 0.0795 e. The van der Waals surface area contributed by atoms with Gasteiger partial charge >= 0.3 is 0 Å². The van der Waals surface area contributed by atoms with Crippen molar-refractivity contribution in [1.82, 2.24) is 9.88 Å². The van der Waals surface area contributed by atoms with Gasteiger partial charge in [-0.05, 0) is 25.7 Å². The predicted molar refractivity (Wildman–Crippen MR) is 62.9 cm³/mol. The molecule has 2 fully saturated rings. The fourth-order valence-corrected chi connectivity index (χ4v) is 2.84. The summed E-state index contributed by atoms with van der Waals surface area (Å²) in [5, 5.41) is 2.16. The molecule has 0 bridgehead atoms. The van der Waals surface area contributed by atoms with E-state index in [1.165, 1.54) is 44.5 Å². The summed E-state index contributed by atoms with van der Waals surface area (Å²) >= 11 is 1.70. The number of aromatic nitrogens is 1. The van der Waals surface area contributed by atoms with E-state index in [1.807, 2.05) is 5.51 Å².